The summed E-state index contributed by atoms with van der Waals surface area (Å²) in [6, 6.07) is 5.71. The van der Waals surface area contributed by atoms with Crippen molar-refractivity contribution in [3.8, 4) is 5.75 Å². The molecule has 2 aliphatic heterocycles. The fraction of sp³-hybridized carbons (Fsp3) is 0.562. The number of carbonyl (C=O) groups excluding carboxylic acids is 1. The number of sulfonamides is 1. The van der Waals surface area contributed by atoms with Crippen LogP contribution in [0.15, 0.2) is 18.2 Å². The summed E-state index contributed by atoms with van der Waals surface area (Å²) in [5, 5.41) is 0. The van der Waals surface area contributed by atoms with Gasteiger partial charge in [0.2, 0.25) is 15.9 Å². The molecule has 23 heavy (non-hydrogen) atoms. The highest BCUT2D eigenvalue weighted by Crippen LogP contribution is 2.26. The summed E-state index contributed by atoms with van der Waals surface area (Å²) < 4.78 is 30.3. The molecular weight excluding hydrogens is 316 g/mol. The SMILES string of the molecule is C[C@H]1CN(C(=O)Cc2ccc3c(c2)CCO3)CCN1S(C)(=O)=O. The standard InChI is InChI=1S/C16H22N2O4S/c1-12-11-17(6-7-18(12)23(2,20)21)16(19)10-13-3-4-15-14(9-13)5-8-22-15/h3-4,9,12H,5-8,10-11H2,1-2H3/t12-/m0/s1. The highest BCUT2D eigenvalue weighted by Gasteiger charge is 2.31. The molecule has 1 aromatic rings. The van der Waals surface area contributed by atoms with Crippen LogP contribution >= 0.6 is 0 Å². The Kier molecular flexibility index (Phi) is 4.33. The van der Waals surface area contributed by atoms with Crippen LogP contribution in [0, 0.1) is 0 Å². The van der Waals surface area contributed by atoms with Gasteiger partial charge in [0.15, 0.2) is 0 Å². The molecule has 1 aromatic carbocycles. The Morgan fingerprint density at radius 1 is 1.35 bits per heavy atom. The molecule has 1 atom stereocenters. The maximum absolute atomic E-state index is 12.5. The minimum absolute atomic E-state index is 0.0452. The number of hydrogen-bond acceptors (Lipinski definition) is 4. The maximum atomic E-state index is 12.5. The summed E-state index contributed by atoms with van der Waals surface area (Å²) in [5.74, 6) is 0.959. The molecule has 6 nitrogen and oxygen atoms in total. The summed E-state index contributed by atoms with van der Waals surface area (Å²) in [5.41, 5.74) is 2.14. The van der Waals surface area contributed by atoms with E-state index in [0.717, 1.165) is 23.3 Å². The average Bonchev–Trinajstić information content (AvgIpc) is 2.93. The van der Waals surface area contributed by atoms with Gasteiger partial charge in [-0.25, -0.2) is 8.42 Å². The van der Waals surface area contributed by atoms with Crippen molar-refractivity contribution in [2.24, 2.45) is 0 Å². The Balaban J connectivity index is 1.63. The van der Waals surface area contributed by atoms with E-state index in [1.54, 1.807) is 4.90 Å². The van der Waals surface area contributed by atoms with E-state index in [9.17, 15) is 13.2 Å². The molecule has 0 radical (unpaired) electrons. The molecule has 0 N–H and O–H groups in total. The third kappa shape index (κ3) is 3.50. The van der Waals surface area contributed by atoms with Crippen LogP contribution in [-0.2, 0) is 27.7 Å². The first-order valence-electron chi connectivity index (χ1n) is 7.84. The number of carbonyl (C=O) groups is 1. The minimum atomic E-state index is -3.21. The quantitative estimate of drug-likeness (QED) is 0.812. The van der Waals surface area contributed by atoms with E-state index in [2.05, 4.69) is 0 Å². The molecule has 0 saturated carbocycles. The van der Waals surface area contributed by atoms with E-state index < -0.39 is 10.0 Å². The molecular formula is C16H22N2O4S. The molecule has 126 valence electrons. The highest BCUT2D eigenvalue weighted by molar-refractivity contribution is 7.88. The third-order valence-electron chi connectivity index (χ3n) is 4.45. The average molecular weight is 338 g/mol. The van der Waals surface area contributed by atoms with Gasteiger partial charge in [-0.1, -0.05) is 12.1 Å². The van der Waals surface area contributed by atoms with E-state index in [1.165, 1.54) is 10.6 Å². The summed E-state index contributed by atoms with van der Waals surface area (Å²) in [4.78, 5) is 14.3. The first kappa shape index (κ1) is 16.3. The van der Waals surface area contributed by atoms with Gasteiger partial charge in [-0.3, -0.25) is 4.79 Å². The molecule has 0 spiro atoms. The lowest BCUT2D eigenvalue weighted by Gasteiger charge is -2.38. The molecule has 0 bridgehead atoms. The number of benzene rings is 1. The van der Waals surface area contributed by atoms with Crippen molar-refractivity contribution in [2.75, 3.05) is 32.5 Å². The van der Waals surface area contributed by atoms with Crippen LogP contribution in [0.4, 0.5) is 0 Å². The number of amides is 1. The van der Waals surface area contributed by atoms with Crippen molar-refractivity contribution in [1.29, 1.82) is 0 Å². The van der Waals surface area contributed by atoms with Crippen molar-refractivity contribution < 1.29 is 17.9 Å². The van der Waals surface area contributed by atoms with E-state index >= 15 is 0 Å². The Morgan fingerprint density at radius 2 is 2.13 bits per heavy atom. The second kappa shape index (κ2) is 6.13. The van der Waals surface area contributed by atoms with E-state index in [-0.39, 0.29) is 11.9 Å². The van der Waals surface area contributed by atoms with Gasteiger partial charge in [-0.2, -0.15) is 4.31 Å². The molecule has 1 fully saturated rings. The Bertz CT molecular complexity index is 717. The summed E-state index contributed by atoms with van der Waals surface area (Å²) in [6.45, 7) is 3.80. The lowest BCUT2D eigenvalue weighted by molar-refractivity contribution is -0.132. The second-order valence-electron chi connectivity index (χ2n) is 6.28. The van der Waals surface area contributed by atoms with E-state index in [4.69, 9.17) is 4.74 Å². The van der Waals surface area contributed by atoms with E-state index in [1.807, 2.05) is 25.1 Å². The van der Waals surface area contributed by atoms with Gasteiger partial charge in [0, 0.05) is 32.1 Å². The molecule has 2 aliphatic rings. The Labute approximate surface area is 137 Å². The summed E-state index contributed by atoms with van der Waals surface area (Å²) in [6.07, 6.45) is 2.45. The number of fused-ring (bicyclic) bond motifs is 1. The van der Waals surface area contributed by atoms with Crippen LogP contribution in [0.1, 0.15) is 18.1 Å². The second-order valence-corrected chi connectivity index (χ2v) is 8.21. The van der Waals surface area contributed by atoms with Crippen LogP contribution < -0.4 is 4.74 Å². The van der Waals surface area contributed by atoms with Crippen LogP contribution in [0.2, 0.25) is 0 Å². The number of piperazine rings is 1. The number of ether oxygens (including phenoxy) is 1. The Morgan fingerprint density at radius 3 is 2.83 bits per heavy atom. The fourth-order valence-corrected chi connectivity index (χ4v) is 4.43. The maximum Gasteiger partial charge on any atom is 0.227 e. The first-order chi connectivity index (χ1) is 10.8. The minimum Gasteiger partial charge on any atom is -0.493 e. The summed E-state index contributed by atoms with van der Waals surface area (Å²) in [7, 11) is -3.21. The lowest BCUT2D eigenvalue weighted by Crippen LogP contribution is -2.55. The normalized spacial score (nSPS) is 21.8. The zero-order valence-corrected chi connectivity index (χ0v) is 14.3. The molecule has 1 saturated heterocycles. The van der Waals surface area contributed by atoms with Gasteiger partial charge in [0.05, 0.1) is 19.3 Å². The Hall–Kier alpha value is -1.60. The number of rotatable bonds is 3. The van der Waals surface area contributed by atoms with Crippen molar-refractivity contribution >= 4 is 15.9 Å². The zero-order chi connectivity index (χ0) is 16.6. The van der Waals surface area contributed by atoms with Crippen molar-refractivity contribution in [1.82, 2.24) is 9.21 Å². The molecule has 0 unspecified atom stereocenters. The van der Waals surface area contributed by atoms with Crippen LogP contribution in [0.5, 0.6) is 5.75 Å². The predicted molar refractivity (Wildman–Crippen MR) is 86.9 cm³/mol. The van der Waals surface area contributed by atoms with Crippen molar-refractivity contribution in [2.45, 2.75) is 25.8 Å². The predicted octanol–water partition coefficient (Wildman–Crippen LogP) is 0.656. The molecule has 3 rings (SSSR count). The van der Waals surface area contributed by atoms with Crippen molar-refractivity contribution in [3.05, 3.63) is 29.3 Å². The third-order valence-corrected chi connectivity index (χ3v) is 5.85. The largest absolute Gasteiger partial charge is 0.493 e. The van der Waals surface area contributed by atoms with Gasteiger partial charge < -0.3 is 9.64 Å². The first-order valence-corrected chi connectivity index (χ1v) is 9.68. The molecule has 0 aliphatic carbocycles. The molecule has 2 heterocycles. The van der Waals surface area contributed by atoms with Crippen LogP contribution in [-0.4, -0.2) is 62.1 Å². The van der Waals surface area contributed by atoms with Crippen molar-refractivity contribution in [3.63, 3.8) is 0 Å². The van der Waals surface area contributed by atoms with Gasteiger partial charge in [0.1, 0.15) is 5.75 Å². The van der Waals surface area contributed by atoms with Gasteiger partial charge >= 0.3 is 0 Å². The highest BCUT2D eigenvalue weighted by atomic mass is 32.2. The van der Waals surface area contributed by atoms with Gasteiger partial charge in [0.25, 0.3) is 0 Å². The number of nitrogens with zero attached hydrogens (tertiary/aromatic N) is 2. The zero-order valence-electron chi connectivity index (χ0n) is 13.5. The monoisotopic (exact) mass is 338 g/mol. The number of hydrogen-bond donors (Lipinski definition) is 0. The van der Waals surface area contributed by atoms with Crippen LogP contribution in [0.3, 0.4) is 0 Å². The molecule has 1 amide bonds. The fourth-order valence-electron chi connectivity index (χ4n) is 3.30. The molecule has 0 aromatic heterocycles. The smallest absolute Gasteiger partial charge is 0.227 e. The topological polar surface area (TPSA) is 66.9 Å². The lowest BCUT2D eigenvalue weighted by atomic mass is 10.1. The van der Waals surface area contributed by atoms with E-state index in [0.29, 0.717) is 32.7 Å². The molecule has 7 heteroatoms. The van der Waals surface area contributed by atoms with Gasteiger partial charge in [-0.15, -0.1) is 0 Å². The van der Waals surface area contributed by atoms with Gasteiger partial charge in [-0.05, 0) is 24.1 Å². The summed E-state index contributed by atoms with van der Waals surface area (Å²) >= 11 is 0. The van der Waals surface area contributed by atoms with Crippen LogP contribution in [0.25, 0.3) is 0 Å².